The van der Waals surface area contributed by atoms with Crippen molar-refractivity contribution in [2.75, 3.05) is 25.0 Å². The van der Waals surface area contributed by atoms with Crippen LogP contribution in [0.1, 0.15) is 29.1 Å². The maximum atomic E-state index is 12.2. The van der Waals surface area contributed by atoms with E-state index in [1.54, 1.807) is 23.1 Å². The van der Waals surface area contributed by atoms with E-state index in [0.717, 1.165) is 5.56 Å². The Labute approximate surface area is 156 Å². The molecule has 134 valence electrons. The quantitative estimate of drug-likeness (QED) is 0.782. The van der Waals surface area contributed by atoms with Crippen molar-refractivity contribution in [1.82, 2.24) is 4.90 Å². The van der Waals surface area contributed by atoms with Crippen LogP contribution in [0.2, 0.25) is 5.02 Å². The van der Waals surface area contributed by atoms with Crippen LogP contribution in [0.25, 0.3) is 0 Å². The third-order valence-corrected chi connectivity index (χ3v) is 5.04. The van der Waals surface area contributed by atoms with Gasteiger partial charge in [-0.1, -0.05) is 11.6 Å². The van der Waals surface area contributed by atoms with Crippen molar-refractivity contribution in [2.45, 2.75) is 20.8 Å². The number of nitrogens with one attached hydrogen (secondary N) is 1. The van der Waals surface area contributed by atoms with E-state index in [2.05, 4.69) is 5.32 Å². The molecule has 0 aliphatic rings. The number of halogens is 1. The predicted molar refractivity (Wildman–Crippen MR) is 102 cm³/mol. The highest BCUT2D eigenvalue weighted by molar-refractivity contribution is 7.12. The predicted octanol–water partition coefficient (Wildman–Crippen LogP) is 4.21. The lowest BCUT2D eigenvalue weighted by Crippen LogP contribution is -2.34. The van der Waals surface area contributed by atoms with E-state index in [0.29, 0.717) is 34.4 Å². The molecule has 0 radical (unpaired) electrons. The van der Waals surface area contributed by atoms with Crippen molar-refractivity contribution in [2.24, 2.45) is 0 Å². The number of thiophene rings is 1. The Balaban J connectivity index is 1.99. The summed E-state index contributed by atoms with van der Waals surface area (Å²) < 4.78 is 5.50. The first-order chi connectivity index (χ1) is 12.0. The lowest BCUT2D eigenvalue weighted by molar-refractivity contribution is -0.132. The molecule has 25 heavy (non-hydrogen) atoms. The van der Waals surface area contributed by atoms with Crippen LogP contribution < -0.4 is 10.1 Å². The number of hydrogen-bond acceptors (Lipinski definition) is 4. The van der Waals surface area contributed by atoms with Crippen LogP contribution in [0.5, 0.6) is 5.75 Å². The summed E-state index contributed by atoms with van der Waals surface area (Å²) in [5.41, 5.74) is 1.51. The van der Waals surface area contributed by atoms with Crippen LogP contribution in [0.4, 0.5) is 5.69 Å². The maximum Gasteiger partial charge on any atom is 0.265 e. The third-order valence-electron chi connectivity index (χ3n) is 3.73. The minimum absolute atomic E-state index is 0.0680. The topological polar surface area (TPSA) is 58.6 Å². The fraction of sp³-hybridized carbons (Fsp3) is 0.333. The Morgan fingerprint density at radius 3 is 2.52 bits per heavy atom. The minimum atomic E-state index is -0.172. The average molecular weight is 381 g/mol. The summed E-state index contributed by atoms with van der Waals surface area (Å²) in [6, 6.07) is 6.86. The van der Waals surface area contributed by atoms with Crippen LogP contribution in [0.3, 0.4) is 0 Å². The monoisotopic (exact) mass is 380 g/mol. The van der Waals surface area contributed by atoms with Gasteiger partial charge in [0.15, 0.2) is 6.61 Å². The molecule has 0 unspecified atom stereocenters. The largest absolute Gasteiger partial charge is 0.482 e. The standard InChI is InChI=1S/C18H21ClN2O3S/c1-4-21(5-2)16(22)11-24-15-7-6-13(10-14(15)19)20-18(23)17-12(3)8-9-25-17/h6-10H,4-5,11H2,1-3H3,(H,20,23). The molecule has 0 aliphatic heterocycles. The summed E-state index contributed by atoms with van der Waals surface area (Å²) in [5.74, 6) is 0.146. The summed E-state index contributed by atoms with van der Waals surface area (Å²) in [5, 5.41) is 5.03. The number of carbonyl (C=O) groups is 2. The van der Waals surface area contributed by atoms with E-state index >= 15 is 0 Å². The molecule has 0 bridgehead atoms. The number of amides is 2. The number of nitrogens with zero attached hydrogens (tertiary/aromatic N) is 1. The fourth-order valence-electron chi connectivity index (χ4n) is 2.30. The van der Waals surface area contributed by atoms with Crippen LogP contribution >= 0.6 is 22.9 Å². The number of anilines is 1. The van der Waals surface area contributed by atoms with Crippen molar-refractivity contribution in [3.05, 3.63) is 45.1 Å². The van der Waals surface area contributed by atoms with E-state index < -0.39 is 0 Å². The molecule has 0 spiro atoms. The molecule has 2 aromatic rings. The number of ether oxygens (including phenoxy) is 1. The average Bonchev–Trinajstić information content (AvgIpc) is 3.01. The highest BCUT2D eigenvalue weighted by Gasteiger charge is 2.14. The molecule has 5 nitrogen and oxygen atoms in total. The highest BCUT2D eigenvalue weighted by Crippen LogP contribution is 2.28. The van der Waals surface area contributed by atoms with Crippen molar-refractivity contribution in [3.63, 3.8) is 0 Å². The van der Waals surface area contributed by atoms with Gasteiger partial charge in [0.2, 0.25) is 0 Å². The molecule has 2 rings (SSSR count). The molecular formula is C18H21ClN2O3S. The van der Waals surface area contributed by atoms with Crippen molar-refractivity contribution in [1.29, 1.82) is 0 Å². The van der Waals surface area contributed by atoms with Gasteiger partial charge in [0.1, 0.15) is 5.75 Å². The molecule has 0 atom stereocenters. The first kappa shape index (κ1) is 19.3. The van der Waals surface area contributed by atoms with E-state index in [9.17, 15) is 9.59 Å². The lowest BCUT2D eigenvalue weighted by Gasteiger charge is -2.19. The van der Waals surface area contributed by atoms with Gasteiger partial charge >= 0.3 is 0 Å². The summed E-state index contributed by atoms with van der Waals surface area (Å²) in [4.78, 5) is 26.5. The number of aryl methyl sites for hydroxylation is 1. The van der Waals surface area contributed by atoms with Crippen molar-refractivity contribution < 1.29 is 14.3 Å². The molecule has 1 aromatic carbocycles. The second-order valence-corrected chi connectivity index (χ2v) is 6.71. The lowest BCUT2D eigenvalue weighted by atomic mass is 10.2. The normalized spacial score (nSPS) is 10.4. The first-order valence-electron chi connectivity index (χ1n) is 8.01. The molecule has 2 amide bonds. The van der Waals surface area contributed by atoms with E-state index in [1.165, 1.54) is 11.3 Å². The smallest absolute Gasteiger partial charge is 0.265 e. The highest BCUT2D eigenvalue weighted by atomic mass is 35.5. The van der Waals surface area contributed by atoms with Gasteiger partial charge in [0, 0.05) is 18.8 Å². The summed E-state index contributed by atoms with van der Waals surface area (Å²) in [6.07, 6.45) is 0. The second-order valence-electron chi connectivity index (χ2n) is 5.39. The Morgan fingerprint density at radius 1 is 1.24 bits per heavy atom. The van der Waals surface area contributed by atoms with Crippen molar-refractivity contribution in [3.8, 4) is 5.75 Å². The van der Waals surface area contributed by atoms with Gasteiger partial charge in [0.25, 0.3) is 11.8 Å². The molecule has 1 heterocycles. The van der Waals surface area contributed by atoms with Gasteiger partial charge in [-0.15, -0.1) is 11.3 Å². The van der Waals surface area contributed by atoms with Gasteiger partial charge in [-0.25, -0.2) is 0 Å². The number of benzene rings is 1. The Bertz CT molecular complexity index is 757. The molecular weight excluding hydrogens is 360 g/mol. The minimum Gasteiger partial charge on any atom is -0.482 e. The zero-order valence-corrected chi connectivity index (χ0v) is 16.0. The Morgan fingerprint density at radius 2 is 1.96 bits per heavy atom. The molecule has 0 saturated carbocycles. The summed E-state index contributed by atoms with van der Waals surface area (Å²) >= 11 is 7.59. The second kappa shape index (κ2) is 8.87. The molecule has 7 heteroatoms. The summed E-state index contributed by atoms with van der Waals surface area (Å²) in [7, 11) is 0. The van der Waals surface area contributed by atoms with E-state index in [4.69, 9.17) is 16.3 Å². The SMILES string of the molecule is CCN(CC)C(=O)COc1ccc(NC(=O)c2sccc2C)cc1Cl. The van der Waals surface area contributed by atoms with Crippen LogP contribution in [-0.4, -0.2) is 36.4 Å². The number of rotatable bonds is 7. The van der Waals surface area contributed by atoms with Gasteiger partial charge in [-0.2, -0.15) is 0 Å². The van der Waals surface area contributed by atoms with E-state index in [1.807, 2.05) is 32.2 Å². The van der Waals surface area contributed by atoms with Gasteiger partial charge in [-0.3, -0.25) is 9.59 Å². The maximum absolute atomic E-state index is 12.2. The zero-order valence-electron chi connectivity index (χ0n) is 14.5. The number of hydrogen-bond donors (Lipinski definition) is 1. The van der Waals surface area contributed by atoms with Crippen LogP contribution in [-0.2, 0) is 4.79 Å². The molecule has 0 saturated heterocycles. The molecule has 0 aliphatic carbocycles. The van der Waals surface area contributed by atoms with Gasteiger partial charge in [-0.05, 0) is 56.0 Å². The Hall–Kier alpha value is -2.05. The fourth-order valence-corrected chi connectivity index (χ4v) is 3.35. The third kappa shape index (κ3) is 4.96. The molecule has 0 fully saturated rings. The van der Waals surface area contributed by atoms with Crippen molar-refractivity contribution >= 4 is 40.4 Å². The van der Waals surface area contributed by atoms with Crippen LogP contribution in [0.15, 0.2) is 29.6 Å². The van der Waals surface area contributed by atoms with E-state index in [-0.39, 0.29) is 18.4 Å². The first-order valence-corrected chi connectivity index (χ1v) is 9.27. The molecule has 1 N–H and O–H groups in total. The van der Waals surface area contributed by atoms with Gasteiger partial charge < -0.3 is 15.0 Å². The number of likely N-dealkylation sites (N-methyl/N-ethyl adjacent to an activating group) is 1. The zero-order chi connectivity index (χ0) is 18.4. The van der Waals surface area contributed by atoms with Gasteiger partial charge in [0.05, 0.1) is 9.90 Å². The van der Waals surface area contributed by atoms with Crippen LogP contribution in [0, 0.1) is 6.92 Å². The Kier molecular flexibility index (Phi) is 6.84. The molecule has 1 aromatic heterocycles. The summed E-state index contributed by atoms with van der Waals surface area (Å²) in [6.45, 7) is 6.94. The number of carbonyl (C=O) groups excluding carboxylic acids is 2.